The van der Waals surface area contributed by atoms with E-state index in [0.717, 1.165) is 13.0 Å². The fourth-order valence-electron chi connectivity index (χ4n) is 0.811. The van der Waals surface area contributed by atoms with Gasteiger partial charge in [-0.2, -0.15) is 21.6 Å². The van der Waals surface area contributed by atoms with Gasteiger partial charge in [0.1, 0.15) is 0 Å². The second-order valence-electron chi connectivity index (χ2n) is 2.95. The average molecular weight is 271 g/mol. The van der Waals surface area contributed by atoms with Crippen molar-refractivity contribution in [1.29, 1.82) is 0 Å². The Labute approximate surface area is 97.0 Å². The zero-order valence-electron chi connectivity index (χ0n) is 8.68. The van der Waals surface area contributed by atoms with Crippen molar-refractivity contribution in [3.63, 3.8) is 0 Å². The predicted molar refractivity (Wildman–Crippen MR) is 56.8 cm³/mol. The first-order chi connectivity index (χ1) is 7.68. The van der Waals surface area contributed by atoms with Gasteiger partial charge in [-0.3, -0.25) is 4.55 Å². The molecule has 1 aromatic carbocycles. The molecule has 0 unspecified atom stereocenters. The first kappa shape index (κ1) is 15.9. The molecule has 98 valence electrons. The maximum atomic E-state index is 10.7. The summed E-state index contributed by atoms with van der Waals surface area (Å²) in [6, 6.07) is 10.3. The van der Waals surface area contributed by atoms with Crippen LogP contribution in [0, 0.1) is 0 Å². The molecule has 1 rings (SSSR count). The average Bonchev–Trinajstić information content (AvgIpc) is 2.17. The zero-order chi connectivity index (χ0) is 13.5. The SMILES string of the molecule is NCCc1ccccc1.O=S(=O)(O)C(F)(F)F. The van der Waals surface area contributed by atoms with E-state index < -0.39 is 15.6 Å². The van der Waals surface area contributed by atoms with Crippen molar-refractivity contribution >= 4 is 10.1 Å². The molecule has 0 aromatic heterocycles. The first-order valence-electron chi connectivity index (χ1n) is 4.46. The van der Waals surface area contributed by atoms with Gasteiger partial charge < -0.3 is 5.73 Å². The summed E-state index contributed by atoms with van der Waals surface area (Å²) in [6.45, 7) is 0.740. The van der Waals surface area contributed by atoms with Gasteiger partial charge in [-0.1, -0.05) is 30.3 Å². The summed E-state index contributed by atoms with van der Waals surface area (Å²) in [5.41, 5.74) is 1.15. The first-order valence-corrected chi connectivity index (χ1v) is 5.90. The number of hydrogen-bond donors (Lipinski definition) is 2. The van der Waals surface area contributed by atoms with Gasteiger partial charge in [-0.05, 0) is 18.5 Å². The van der Waals surface area contributed by atoms with Gasteiger partial charge in [0.05, 0.1) is 0 Å². The molecule has 0 saturated carbocycles. The lowest BCUT2D eigenvalue weighted by atomic mass is 10.2. The lowest BCUT2D eigenvalue weighted by Crippen LogP contribution is -2.21. The highest BCUT2D eigenvalue weighted by Gasteiger charge is 2.44. The second kappa shape index (κ2) is 6.58. The van der Waals surface area contributed by atoms with E-state index in [4.69, 9.17) is 18.7 Å². The molecular formula is C9H12F3NO3S. The smallest absolute Gasteiger partial charge is 0.330 e. The molecule has 0 radical (unpaired) electrons. The maximum Gasteiger partial charge on any atom is 0.522 e. The molecule has 4 nitrogen and oxygen atoms in total. The Morgan fingerprint density at radius 2 is 1.59 bits per heavy atom. The Morgan fingerprint density at radius 3 is 1.88 bits per heavy atom. The van der Waals surface area contributed by atoms with Gasteiger partial charge in [-0.15, -0.1) is 0 Å². The summed E-state index contributed by atoms with van der Waals surface area (Å²) < 4.78 is 57.5. The topological polar surface area (TPSA) is 80.4 Å². The standard InChI is InChI=1S/C8H11N.CHF3O3S/c9-7-6-8-4-2-1-3-5-8;2-1(3,4)8(5,6)7/h1-5H,6-7,9H2;(H,5,6,7). The molecule has 0 aliphatic heterocycles. The van der Waals surface area contributed by atoms with Crippen LogP contribution in [-0.2, 0) is 16.5 Å². The molecule has 0 fully saturated rings. The molecule has 0 saturated heterocycles. The van der Waals surface area contributed by atoms with Gasteiger partial charge in [0.25, 0.3) is 0 Å². The van der Waals surface area contributed by atoms with Crippen LogP contribution in [0.15, 0.2) is 30.3 Å². The van der Waals surface area contributed by atoms with Crippen LogP contribution in [0.4, 0.5) is 13.2 Å². The van der Waals surface area contributed by atoms with E-state index in [0.29, 0.717) is 0 Å². The molecule has 0 atom stereocenters. The number of hydrogen-bond acceptors (Lipinski definition) is 3. The van der Waals surface area contributed by atoms with Gasteiger partial charge in [0.2, 0.25) is 0 Å². The minimum atomic E-state index is -5.84. The summed E-state index contributed by atoms with van der Waals surface area (Å²) in [5, 5.41) is 0. The monoisotopic (exact) mass is 271 g/mol. The molecule has 1 aromatic rings. The van der Waals surface area contributed by atoms with Gasteiger partial charge in [0, 0.05) is 0 Å². The zero-order valence-corrected chi connectivity index (χ0v) is 9.50. The molecule has 17 heavy (non-hydrogen) atoms. The van der Waals surface area contributed by atoms with E-state index in [1.807, 2.05) is 18.2 Å². The van der Waals surface area contributed by atoms with Crippen LogP contribution >= 0.6 is 0 Å². The lowest BCUT2D eigenvalue weighted by Gasteiger charge is -1.97. The van der Waals surface area contributed by atoms with Crippen LogP contribution in [-0.4, -0.2) is 25.0 Å². The Balaban J connectivity index is 0.000000304. The number of halogens is 3. The summed E-state index contributed by atoms with van der Waals surface area (Å²) in [6.07, 6.45) is 0.987. The van der Waals surface area contributed by atoms with Crippen molar-refractivity contribution < 1.29 is 26.1 Å². The number of nitrogens with two attached hydrogens (primary N) is 1. The molecule has 0 amide bonds. The van der Waals surface area contributed by atoms with Gasteiger partial charge >= 0.3 is 15.6 Å². The Hall–Kier alpha value is -1.12. The van der Waals surface area contributed by atoms with Crippen LogP contribution in [0.3, 0.4) is 0 Å². The normalized spacial score (nSPS) is 11.6. The highest BCUT2D eigenvalue weighted by atomic mass is 32.2. The largest absolute Gasteiger partial charge is 0.522 e. The van der Waals surface area contributed by atoms with Gasteiger partial charge in [-0.25, -0.2) is 0 Å². The number of benzene rings is 1. The van der Waals surface area contributed by atoms with Crippen LogP contribution in [0.2, 0.25) is 0 Å². The fourth-order valence-corrected chi connectivity index (χ4v) is 0.811. The van der Waals surface area contributed by atoms with Crippen LogP contribution in [0.25, 0.3) is 0 Å². The van der Waals surface area contributed by atoms with Crippen molar-refractivity contribution in [1.82, 2.24) is 0 Å². The lowest BCUT2D eigenvalue weighted by molar-refractivity contribution is -0.0510. The van der Waals surface area contributed by atoms with Crippen molar-refractivity contribution in [2.24, 2.45) is 5.73 Å². The Morgan fingerprint density at radius 1 is 1.18 bits per heavy atom. The minimum absolute atomic E-state index is 0.740. The van der Waals surface area contributed by atoms with E-state index in [1.54, 1.807) is 0 Å². The second-order valence-corrected chi connectivity index (χ2v) is 4.36. The Kier molecular flexibility index (Phi) is 6.14. The molecule has 8 heteroatoms. The third kappa shape index (κ3) is 6.93. The molecule has 0 aliphatic carbocycles. The van der Waals surface area contributed by atoms with Crippen LogP contribution in [0.5, 0.6) is 0 Å². The summed E-state index contributed by atoms with van der Waals surface area (Å²) >= 11 is 0. The number of rotatable bonds is 2. The molecule has 3 N–H and O–H groups in total. The van der Waals surface area contributed by atoms with Crippen molar-refractivity contribution in [2.45, 2.75) is 11.9 Å². The van der Waals surface area contributed by atoms with E-state index >= 15 is 0 Å². The quantitative estimate of drug-likeness (QED) is 0.632. The Bertz CT molecular complexity index is 417. The summed E-state index contributed by atoms with van der Waals surface area (Å²) in [7, 11) is -5.84. The predicted octanol–water partition coefficient (Wildman–Crippen LogP) is 1.58. The highest BCUT2D eigenvalue weighted by Crippen LogP contribution is 2.20. The number of alkyl halides is 3. The fraction of sp³-hybridized carbons (Fsp3) is 0.333. The maximum absolute atomic E-state index is 10.7. The molecular weight excluding hydrogens is 259 g/mol. The van der Waals surface area contributed by atoms with Crippen molar-refractivity contribution in [2.75, 3.05) is 6.54 Å². The van der Waals surface area contributed by atoms with E-state index in [-0.39, 0.29) is 0 Å². The summed E-state index contributed by atoms with van der Waals surface area (Å²) in [5.74, 6) is 0. The molecule has 0 heterocycles. The van der Waals surface area contributed by atoms with E-state index in [2.05, 4.69) is 12.1 Å². The van der Waals surface area contributed by atoms with Crippen LogP contribution in [0.1, 0.15) is 5.56 Å². The highest BCUT2D eigenvalue weighted by molar-refractivity contribution is 7.86. The van der Waals surface area contributed by atoms with E-state index in [9.17, 15) is 13.2 Å². The summed E-state index contributed by atoms with van der Waals surface area (Å²) in [4.78, 5) is 0. The van der Waals surface area contributed by atoms with Crippen molar-refractivity contribution in [3.8, 4) is 0 Å². The van der Waals surface area contributed by atoms with Gasteiger partial charge in [0.15, 0.2) is 0 Å². The van der Waals surface area contributed by atoms with Crippen molar-refractivity contribution in [3.05, 3.63) is 35.9 Å². The third-order valence-electron chi connectivity index (χ3n) is 1.57. The molecule has 0 aliphatic rings. The molecule has 0 bridgehead atoms. The van der Waals surface area contributed by atoms with Crippen LogP contribution < -0.4 is 5.73 Å². The van der Waals surface area contributed by atoms with E-state index in [1.165, 1.54) is 5.56 Å². The molecule has 0 spiro atoms. The minimum Gasteiger partial charge on any atom is -0.330 e. The third-order valence-corrected chi connectivity index (χ3v) is 2.15.